The third kappa shape index (κ3) is 5.61. The van der Waals surface area contributed by atoms with Gasteiger partial charge >= 0.3 is 0 Å². The van der Waals surface area contributed by atoms with Gasteiger partial charge in [-0.2, -0.15) is 13.9 Å². The highest BCUT2D eigenvalue weighted by Crippen LogP contribution is 2.68. The van der Waals surface area contributed by atoms with Crippen LogP contribution in [0.2, 0.25) is 0 Å². The van der Waals surface area contributed by atoms with E-state index in [1.165, 1.54) is 16.8 Å². The Bertz CT molecular complexity index is 2200. The fraction of sp³-hybridized carbons (Fsp3) is 0.324. The highest BCUT2D eigenvalue weighted by atomic mass is 79.9. The predicted molar refractivity (Wildman–Crippen MR) is 168 cm³/mol. The second-order valence-corrected chi connectivity index (χ2v) is 13.7. The van der Waals surface area contributed by atoms with Gasteiger partial charge in [0.15, 0.2) is 5.65 Å². The van der Waals surface area contributed by atoms with Gasteiger partial charge in [-0.25, -0.2) is 27.5 Å². The first-order valence-electron chi connectivity index (χ1n) is 15.6. The molecular weight excluding hydrogens is 718 g/mol. The lowest BCUT2D eigenvalue weighted by Crippen LogP contribution is -2.38. The van der Waals surface area contributed by atoms with Crippen molar-refractivity contribution in [2.75, 3.05) is 0 Å². The number of carbonyl (C=O) groups excluding carboxylic acids is 1. The van der Waals surface area contributed by atoms with E-state index in [1.807, 2.05) is 12.1 Å². The van der Waals surface area contributed by atoms with E-state index < -0.39 is 71.3 Å². The number of nitrogens with zero attached hydrogens (tertiary/aromatic N) is 5. The van der Waals surface area contributed by atoms with Crippen LogP contribution in [0.1, 0.15) is 77.5 Å². The number of hydrogen-bond acceptors (Lipinski definition) is 5. The third-order valence-electron chi connectivity index (χ3n) is 9.39. The fourth-order valence-electron chi connectivity index (χ4n) is 6.98. The lowest BCUT2D eigenvalue weighted by Gasteiger charge is -2.23. The van der Waals surface area contributed by atoms with Crippen LogP contribution in [0.15, 0.2) is 64.0 Å². The Morgan fingerprint density at radius 2 is 1.78 bits per heavy atom. The molecule has 2 saturated carbocycles. The topological polar surface area (TPSA) is 94.7 Å². The number of fused-ring (bicyclic) bond motifs is 4. The van der Waals surface area contributed by atoms with Crippen molar-refractivity contribution < 1.29 is 31.1 Å². The van der Waals surface area contributed by atoms with Crippen molar-refractivity contribution in [3.8, 4) is 5.69 Å². The SMILES string of the molecule is O=C(Cn1nc(C(F)F)c2c1C(F)(F)[C@@H]1C[C@H]21)NC(Cc1cc(F)cc(F)c1)c1nc2ncc(Br)cc2c(=O)n1-c1ccc(C2CC2)cc1. The van der Waals surface area contributed by atoms with Gasteiger partial charge in [-0.3, -0.25) is 18.8 Å². The van der Waals surface area contributed by atoms with Gasteiger partial charge in [0.2, 0.25) is 5.91 Å². The molecule has 1 amide bonds. The number of hydrogen-bond donors (Lipinski definition) is 1. The maximum absolute atomic E-state index is 15.2. The largest absolute Gasteiger partial charge is 0.344 e. The van der Waals surface area contributed by atoms with Crippen LogP contribution in [0, 0.1) is 17.6 Å². The van der Waals surface area contributed by atoms with Crippen molar-refractivity contribution in [2.24, 2.45) is 5.92 Å². The molecule has 3 aliphatic carbocycles. The van der Waals surface area contributed by atoms with Crippen molar-refractivity contribution in [3.05, 3.63) is 115 Å². The van der Waals surface area contributed by atoms with Crippen molar-refractivity contribution in [2.45, 2.75) is 62.5 Å². The molecule has 3 heterocycles. The lowest BCUT2D eigenvalue weighted by atomic mass is 10.0. The number of rotatable bonds is 9. The van der Waals surface area contributed by atoms with Crippen LogP contribution in [0.3, 0.4) is 0 Å². The first-order chi connectivity index (χ1) is 23.4. The van der Waals surface area contributed by atoms with Gasteiger partial charge in [-0.1, -0.05) is 12.1 Å². The molecule has 8 nitrogen and oxygen atoms in total. The molecule has 3 aromatic heterocycles. The van der Waals surface area contributed by atoms with E-state index in [0.717, 1.165) is 30.5 Å². The molecule has 1 N–H and O–H groups in total. The highest BCUT2D eigenvalue weighted by Gasteiger charge is 2.67. The third-order valence-corrected chi connectivity index (χ3v) is 9.82. The van der Waals surface area contributed by atoms with E-state index in [9.17, 15) is 27.2 Å². The predicted octanol–water partition coefficient (Wildman–Crippen LogP) is 7.14. The zero-order valence-corrected chi connectivity index (χ0v) is 26.9. The number of benzene rings is 2. The number of aromatic nitrogens is 5. The molecule has 8 rings (SSSR count). The standard InChI is InChI=1S/C34H25BrF6N6O2/c35-18-10-23-31(42-13-18)44-32(47(33(23)49)21-5-3-17(4-6-21)16-1-2-16)25(9-15-7-19(36)11-20(37)8-15)43-26(48)14-46-29-27(28(45-46)30(38)39)22-12-24(22)34(29,40)41/h3-8,10-11,13,16,22,24-25,30H,1-2,9,12,14H2,(H,43,48)/t22-,24+,25?/m0/s1. The number of carbonyl (C=O) groups is 1. The van der Waals surface area contributed by atoms with Crippen LogP contribution in [0.5, 0.6) is 0 Å². The zero-order valence-electron chi connectivity index (χ0n) is 25.3. The summed E-state index contributed by atoms with van der Waals surface area (Å²) in [5.74, 6) is -7.69. The summed E-state index contributed by atoms with van der Waals surface area (Å²) >= 11 is 3.32. The maximum atomic E-state index is 15.2. The molecule has 0 spiro atoms. The molecule has 0 saturated heterocycles. The molecule has 0 aliphatic heterocycles. The molecule has 49 heavy (non-hydrogen) atoms. The Labute approximate surface area is 282 Å². The highest BCUT2D eigenvalue weighted by molar-refractivity contribution is 9.10. The summed E-state index contributed by atoms with van der Waals surface area (Å²) < 4.78 is 89.3. The summed E-state index contributed by atoms with van der Waals surface area (Å²) in [6.07, 6.45) is 0.152. The van der Waals surface area contributed by atoms with Crippen molar-refractivity contribution in [1.82, 2.24) is 29.6 Å². The minimum Gasteiger partial charge on any atom is -0.344 e. The van der Waals surface area contributed by atoms with Crippen LogP contribution in [0.4, 0.5) is 26.3 Å². The fourth-order valence-corrected chi connectivity index (χ4v) is 7.31. The number of amides is 1. The molecule has 3 aliphatic rings. The van der Waals surface area contributed by atoms with E-state index in [4.69, 9.17) is 0 Å². The molecule has 5 aromatic rings. The van der Waals surface area contributed by atoms with Gasteiger partial charge in [0.05, 0.1) is 17.1 Å². The van der Waals surface area contributed by atoms with Crippen molar-refractivity contribution >= 4 is 32.9 Å². The maximum Gasteiger partial charge on any atom is 0.293 e. The Hall–Kier alpha value is -4.53. The normalized spacial score (nSPS) is 19.6. The quantitative estimate of drug-likeness (QED) is 0.162. The molecular formula is C34H25BrF6N6O2. The number of pyridine rings is 1. The second-order valence-electron chi connectivity index (χ2n) is 12.8. The zero-order chi connectivity index (χ0) is 34.4. The van der Waals surface area contributed by atoms with Crippen LogP contribution in [-0.2, 0) is 23.7 Å². The number of halogens is 7. The second kappa shape index (κ2) is 11.5. The van der Waals surface area contributed by atoms with Gasteiger partial charge < -0.3 is 5.32 Å². The summed E-state index contributed by atoms with van der Waals surface area (Å²) in [6.45, 7) is -0.864. The average Bonchev–Trinajstić information content (AvgIpc) is 3.97. The monoisotopic (exact) mass is 742 g/mol. The molecule has 3 atom stereocenters. The Morgan fingerprint density at radius 3 is 2.45 bits per heavy atom. The summed E-state index contributed by atoms with van der Waals surface area (Å²) in [6, 6.07) is 10.2. The van der Waals surface area contributed by atoms with E-state index in [2.05, 4.69) is 36.3 Å². The summed E-state index contributed by atoms with van der Waals surface area (Å²) in [5, 5.41) is 6.53. The van der Waals surface area contributed by atoms with E-state index in [1.54, 1.807) is 12.1 Å². The van der Waals surface area contributed by atoms with Gasteiger partial charge in [0, 0.05) is 34.6 Å². The molecule has 1 unspecified atom stereocenters. The Kier molecular flexibility index (Phi) is 7.46. The first-order valence-corrected chi connectivity index (χ1v) is 16.4. The summed E-state index contributed by atoms with van der Waals surface area (Å²) in [5.41, 5.74) is -0.697. The molecule has 252 valence electrons. The van der Waals surface area contributed by atoms with Gasteiger partial charge in [0.1, 0.15) is 35.4 Å². The van der Waals surface area contributed by atoms with Gasteiger partial charge in [0.25, 0.3) is 17.9 Å². The van der Waals surface area contributed by atoms with E-state index in [0.29, 0.717) is 26.8 Å². The van der Waals surface area contributed by atoms with Gasteiger partial charge in [-0.15, -0.1) is 0 Å². The number of alkyl halides is 4. The summed E-state index contributed by atoms with van der Waals surface area (Å²) in [4.78, 5) is 36.7. The van der Waals surface area contributed by atoms with Crippen LogP contribution in [0.25, 0.3) is 16.7 Å². The van der Waals surface area contributed by atoms with Gasteiger partial charge in [-0.05, 0) is 88.5 Å². The Balaban J connectivity index is 1.23. The van der Waals surface area contributed by atoms with Crippen LogP contribution >= 0.6 is 15.9 Å². The number of nitrogens with one attached hydrogen (secondary N) is 1. The lowest BCUT2D eigenvalue weighted by molar-refractivity contribution is -0.123. The molecule has 2 fully saturated rings. The van der Waals surface area contributed by atoms with E-state index >= 15 is 8.78 Å². The Morgan fingerprint density at radius 1 is 1.06 bits per heavy atom. The van der Waals surface area contributed by atoms with Crippen molar-refractivity contribution in [1.29, 1.82) is 0 Å². The minimum absolute atomic E-state index is 0.0176. The van der Waals surface area contributed by atoms with Crippen molar-refractivity contribution in [3.63, 3.8) is 0 Å². The van der Waals surface area contributed by atoms with Crippen LogP contribution < -0.4 is 10.9 Å². The summed E-state index contributed by atoms with van der Waals surface area (Å²) in [7, 11) is 0. The molecule has 0 bridgehead atoms. The molecule has 15 heteroatoms. The van der Waals surface area contributed by atoms with E-state index in [-0.39, 0.29) is 40.8 Å². The first kappa shape index (κ1) is 31.7. The molecule has 2 aromatic carbocycles. The average molecular weight is 744 g/mol. The molecule has 0 radical (unpaired) electrons. The van der Waals surface area contributed by atoms with Crippen LogP contribution in [-0.4, -0.2) is 30.2 Å². The minimum atomic E-state index is -3.45. The smallest absolute Gasteiger partial charge is 0.293 e.